The number of carbonyl (C=O) groups is 1. The first-order valence-electron chi connectivity index (χ1n) is 8.54. The molecule has 0 unspecified atom stereocenters. The van der Waals surface area contributed by atoms with Crippen molar-refractivity contribution in [3.05, 3.63) is 42.0 Å². The van der Waals surface area contributed by atoms with Gasteiger partial charge in [0, 0.05) is 44.4 Å². The third-order valence-corrected chi connectivity index (χ3v) is 4.97. The number of ether oxygens (including phenoxy) is 1. The zero-order valence-electron chi connectivity index (χ0n) is 14.2. The van der Waals surface area contributed by atoms with E-state index in [9.17, 15) is 9.90 Å². The summed E-state index contributed by atoms with van der Waals surface area (Å²) in [6.45, 7) is 2.87. The lowest BCUT2D eigenvalue weighted by molar-refractivity contribution is -0.136. The van der Waals surface area contributed by atoms with Crippen LogP contribution in [0.4, 0.5) is 0 Å². The minimum atomic E-state index is -0.131. The van der Waals surface area contributed by atoms with E-state index in [1.807, 2.05) is 22.7 Å². The summed E-state index contributed by atoms with van der Waals surface area (Å²) in [4.78, 5) is 19.4. The highest BCUT2D eigenvalue weighted by atomic mass is 16.5. The summed E-state index contributed by atoms with van der Waals surface area (Å²) < 4.78 is 7.64. The van der Waals surface area contributed by atoms with Crippen molar-refractivity contribution in [2.75, 3.05) is 26.2 Å². The number of aromatic hydroxyl groups is 1. The Balaban J connectivity index is 1.55. The Morgan fingerprint density at radius 2 is 2.28 bits per heavy atom. The Morgan fingerprint density at radius 3 is 3.08 bits per heavy atom. The van der Waals surface area contributed by atoms with Gasteiger partial charge >= 0.3 is 0 Å². The number of rotatable bonds is 2. The number of amides is 1. The number of aryl methyl sites for hydroxylation is 1. The lowest BCUT2D eigenvalue weighted by Crippen LogP contribution is -2.39. The third kappa shape index (κ3) is 3.07. The van der Waals surface area contributed by atoms with Crippen LogP contribution in [0.3, 0.4) is 0 Å². The van der Waals surface area contributed by atoms with Gasteiger partial charge in [-0.15, -0.1) is 0 Å². The molecular formula is C18H22N4O3. The molecule has 2 N–H and O–H groups in total. The maximum atomic E-state index is 13.2. The van der Waals surface area contributed by atoms with Crippen LogP contribution in [-0.4, -0.2) is 51.7 Å². The molecule has 0 saturated carbocycles. The van der Waals surface area contributed by atoms with Crippen LogP contribution in [0.5, 0.6) is 11.5 Å². The van der Waals surface area contributed by atoms with Gasteiger partial charge in [0.1, 0.15) is 18.1 Å². The Morgan fingerprint density at radius 1 is 1.40 bits per heavy atom. The fourth-order valence-electron chi connectivity index (χ4n) is 3.68. The molecule has 2 atom stereocenters. The van der Waals surface area contributed by atoms with Crippen LogP contribution in [-0.2, 0) is 18.4 Å². The number of hydrogen-bond donors (Lipinski definition) is 2. The number of phenolic OH excluding ortho intramolecular Hbond substituents is 1. The second-order valence-electron chi connectivity index (χ2n) is 6.74. The number of nitrogens with one attached hydrogen (secondary N) is 1. The topological polar surface area (TPSA) is 79.6 Å². The average molecular weight is 342 g/mol. The molecule has 1 aromatic carbocycles. The monoisotopic (exact) mass is 342 g/mol. The predicted octanol–water partition coefficient (Wildman–Crippen LogP) is 0.850. The van der Waals surface area contributed by atoms with Gasteiger partial charge in [0.2, 0.25) is 5.91 Å². The summed E-state index contributed by atoms with van der Waals surface area (Å²) >= 11 is 0. The molecule has 2 aliphatic rings. The van der Waals surface area contributed by atoms with Crippen molar-refractivity contribution in [3.63, 3.8) is 0 Å². The van der Waals surface area contributed by atoms with Crippen LogP contribution >= 0.6 is 0 Å². The van der Waals surface area contributed by atoms with Gasteiger partial charge in [0.15, 0.2) is 0 Å². The van der Waals surface area contributed by atoms with E-state index >= 15 is 0 Å². The predicted molar refractivity (Wildman–Crippen MR) is 91.3 cm³/mol. The molecule has 0 bridgehead atoms. The number of phenols is 1. The summed E-state index contributed by atoms with van der Waals surface area (Å²) in [5.41, 5.74) is 1.79. The van der Waals surface area contributed by atoms with E-state index in [0.717, 1.165) is 23.6 Å². The molecule has 2 aliphatic heterocycles. The van der Waals surface area contributed by atoms with Gasteiger partial charge in [-0.3, -0.25) is 4.79 Å². The minimum Gasteiger partial charge on any atom is -0.508 e. The van der Waals surface area contributed by atoms with Crippen molar-refractivity contribution < 1.29 is 14.6 Å². The van der Waals surface area contributed by atoms with Crippen molar-refractivity contribution in [2.45, 2.75) is 12.5 Å². The number of benzene rings is 1. The Bertz CT molecular complexity index is 788. The lowest BCUT2D eigenvalue weighted by atomic mass is 9.92. The van der Waals surface area contributed by atoms with Crippen molar-refractivity contribution in [3.8, 4) is 11.5 Å². The van der Waals surface area contributed by atoms with Crippen LogP contribution in [0.2, 0.25) is 0 Å². The fraction of sp³-hybridized carbons (Fsp3) is 0.444. The van der Waals surface area contributed by atoms with Crippen LogP contribution in [0, 0.1) is 5.92 Å². The van der Waals surface area contributed by atoms with Gasteiger partial charge in [-0.1, -0.05) is 0 Å². The van der Waals surface area contributed by atoms with Gasteiger partial charge in [-0.2, -0.15) is 0 Å². The Labute approximate surface area is 146 Å². The molecule has 0 aliphatic carbocycles. The largest absolute Gasteiger partial charge is 0.508 e. The van der Waals surface area contributed by atoms with E-state index in [1.165, 1.54) is 0 Å². The van der Waals surface area contributed by atoms with Gasteiger partial charge in [-0.25, -0.2) is 4.98 Å². The first kappa shape index (κ1) is 16.0. The zero-order valence-corrected chi connectivity index (χ0v) is 14.2. The maximum absolute atomic E-state index is 13.2. The van der Waals surface area contributed by atoms with E-state index < -0.39 is 0 Å². The van der Waals surface area contributed by atoms with E-state index in [-0.39, 0.29) is 23.5 Å². The van der Waals surface area contributed by atoms with E-state index in [2.05, 4.69) is 10.3 Å². The molecule has 1 amide bonds. The molecule has 1 saturated heterocycles. The summed E-state index contributed by atoms with van der Waals surface area (Å²) in [5, 5.41) is 13.1. The summed E-state index contributed by atoms with van der Waals surface area (Å²) in [6.07, 6.45) is 3.75. The molecule has 2 aromatic rings. The minimum absolute atomic E-state index is 0.0847. The SMILES string of the molecule is Cn1cnc([C@@H]2CNC[C@H]2C(=O)N2CCOc3ccc(O)cc3C2)c1. The van der Waals surface area contributed by atoms with Crippen LogP contribution < -0.4 is 10.1 Å². The van der Waals surface area contributed by atoms with Gasteiger partial charge in [0.25, 0.3) is 0 Å². The molecule has 4 rings (SSSR count). The number of carbonyl (C=O) groups excluding carboxylic acids is 1. The third-order valence-electron chi connectivity index (χ3n) is 4.97. The fourth-order valence-corrected chi connectivity index (χ4v) is 3.68. The van der Waals surface area contributed by atoms with Gasteiger partial charge in [0.05, 0.1) is 24.5 Å². The number of fused-ring (bicyclic) bond motifs is 1. The molecule has 0 radical (unpaired) electrons. The lowest BCUT2D eigenvalue weighted by Gasteiger charge is -2.25. The molecule has 7 nitrogen and oxygen atoms in total. The molecule has 1 aromatic heterocycles. The molecular weight excluding hydrogens is 320 g/mol. The van der Waals surface area contributed by atoms with E-state index in [4.69, 9.17) is 4.74 Å². The maximum Gasteiger partial charge on any atom is 0.228 e. The number of nitrogens with zero attached hydrogens (tertiary/aromatic N) is 3. The molecule has 1 fully saturated rings. The normalized spacial score (nSPS) is 23.0. The quantitative estimate of drug-likeness (QED) is 0.846. The Kier molecular flexibility index (Phi) is 4.09. The highest BCUT2D eigenvalue weighted by Gasteiger charge is 2.38. The highest BCUT2D eigenvalue weighted by Crippen LogP contribution is 2.31. The Hall–Kier alpha value is -2.54. The number of imidazole rings is 1. The summed E-state index contributed by atoms with van der Waals surface area (Å²) in [6, 6.07) is 5.03. The van der Waals surface area contributed by atoms with Gasteiger partial charge in [-0.05, 0) is 18.2 Å². The van der Waals surface area contributed by atoms with Gasteiger partial charge < -0.3 is 24.6 Å². The van der Waals surface area contributed by atoms with E-state index in [1.54, 1.807) is 24.5 Å². The number of aromatic nitrogens is 2. The van der Waals surface area contributed by atoms with Crippen molar-refractivity contribution >= 4 is 5.91 Å². The standard InChI is InChI=1S/C18H22N4O3/c1-21-10-16(20-11-21)14-7-19-8-15(14)18(24)22-4-5-25-17-3-2-13(23)6-12(17)9-22/h2-3,6,10-11,14-15,19,23H,4-5,7-9H2,1H3/t14-,15-/m1/s1. The van der Waals surface area contributed by atoms with Crippen LogP contribution in [0.25, 0.3) is 0 Å². The van der Waals surface area contributed by atoms with Crippen molar-refractivity contribution in [1.82, 2.24) is 19.8 Å². The van der Waals surface area contributed by atoms with Crippen molar-refractivity contribution in [2.24, 2.45) is 13.0 Å². The molecule has 0 spiro atoms. The second kappa shape index (κ2) is 6.40. The number of hydrogen-bond acceptors (Lipinski definition) is 5. The molecule has 25 heavy (non-hydrogen) atoms. The summed E-state index contributed by atoms with van der Waals surface area (Å²) in [7, 11) is 1.94. The molecule has 132 valence electrons. The highest BCUT2D eigenvalue weighted by molar-refractivity contribution is 5.80. The van der Waals surface area contributed by atoms with Crippen molar-refractivity contribution in [1.29, 1.82) is 0 Å². The van der Waals surface area contributed by atoms with E-state index in [0.29, 0.717) is 26.2 Å². The summed E-state index contributed by atoms with van der Waals surface area (Å²) in [5.74, 6) is 0.986. The second-order valence-corrected chi connectivity index (χ2v) is 6.74. The van der Waals surface area contributed by atoms with Crippen LogP contribution in [0.15, 0.2) is 30.7 Å². The average Bonchev–Trinajstić information content (AvgIpc) is 3.18. The van der Waals surface area contributed by atoms with Crippen LogP contribution in [0.1, 0.15) is 17.2 Å². The first-order chi connectivity index (χ1) is 12.1. The molecule has 3 heterocycles. The smallest absolute Gasteiger partial charge is 0.228 e. The molecule has 7 heteroatoms. The zero-order chi connectivity index (χ0) is 17.4. The first-order valence-corrected chi connectivity index (χ1v) is 8.54.